The monoisotopic (exact) mass is 339 g/mol. The van der Waals surface area contributed by atoms with Gasteiger partial charge < -0.3 is 5.32 Å². The zero-order valence-electron chi connectivity index (χ0n) is 15.2. The molecule has 0 aliphatic carbocycles. The first kappa shape index (κ1) is 19.9. The van der Waals surface area contributed by atoms with E-state index in [-0.39, 0.29) is 0 Å². The largest absolute Gasteiger partial charge is 0.315 e. The average molecular weight is 340 g/mol. The van der Waals surface area contributed by atoms with Gasteiger partial charge in [-0.3, -0.25) is 0 Å². The molecular weight excluding hydrogens is 306 g/mol. The summed E-state index contributed by atoms with van der Waals surface area (Å²) in [6.07, 6.45) is 1.21. The van der Waals surface area contributed by atoms with Crippen molar-refractivity contribution < 1.29 is 0 Å². The van der Waals surface area contributed by atoms with Crippen LogP contribution in [0.2, 0.25) is 0 Å². The van der Waals surface area contributed by atoms with Crippen LogP contribution in [0.3, 0.4) is 0 Å². The highest BCUT2D eigenvalue weighted by atomic mass is 32.2. The smallest absolute Gasteiger partial charge is 0.00582 e. The molecule has 0 aliphatic heterocycles. The second-order valence-corrected chi connectivity index (χ2v) is 8.06. The predicted molar refractivity (Wildman–Crippen MR) is 107 cm³/mol. The van der Waals surface area contributed by atoms with Gasteiger partial charge in [-0.05, 0) is 86.1 Å². The average Bonchev–Trinajstić information content (AvgIpc) is 2.51. The van der Waals surface area contributed by atoms with Gasteiger partial charge >= 0.3 is 0 Å². The summed E-state index contributed by atoms with van der Waals surface area (Å²) in [7, 11) is 0. The summed E-state index contributed by atoms with van der Waals surface area (Å²) in [4.78, 5) is 0. The minimum absolute atomic E-state index is 0.730. The molecule has 1 aromatic carbocycles. The van der Waals surface area contributed by atoms with Crippen molar-refractivity contribution in [3.63, 3.8) is 0 Å². The molecule has 0 heterocycles. The van der Waals surface area contributed by atoms with Crippen LogP contribution in [0, 0.1) is 40.5 Å². The van der Waals surface area contributed by atoms with Gasteiger partial charge in [0.25, 0.3) is 0 Å². The van der Waals surface area contributed by atoms with Crippen molar-refractivity contribution in [2.24, 2.45) is 5.92 Å². The number of benzene rings is 1. The number of thiol groups is 1. The Balaban J connectivity index is 2.56. The number of thioether (sulfide) groups is 1. The Morgan fingerprint density at radius 3 is 2.00 bits per heavy atom. The third kappa shape index (κ3) is 5.50. The Morgan fingerprint density at radius 1 is 0.909 bits per heavy atom. The quantitative estimate of drug-likeness (QED) is 0.501. The number of hydrogen-bond donors (Lipinski definition) is 2. The van der Waals surface area contributed by atoms with Crippen LogP contribution in [0.15, 0.2) is 0 Å². The third-order valence-corrected chi connectivity index (χ3v) is 6.34. The Labute approximate surface area is 147 Å². The number of rotatable bonds is 9. The van der Waals surface area contributed by atoms with E-state index in [9.17, 15) is 0 Å². The van der Waals surface area contributed by atoms with E-state index < -0.39 is 0 Å². The fourth-order valence-electron chi connectivity index (χ4n) is 2.92. The molecule has 22 heavy (non-hydrogen) atoms. The van der Waals surface area contributed by atoms with Gasteiger partial charge in [-0.25, -0.2) is 0 Å². The molecule has 1 atom stereocenters. The maximum Gasteiger partial charge on any atom is 0.00582 e. The molecular formula is C19H33NS2. The molecule has 0 radical (unpaired) electrons. The van der Waals surface area contributed by atoms with Crippen LogP contribution in [0.25, 0.3) is 0 Å². The Kier molecular flexibility index (Phi) is 8.96. The Hall–Kier alpha value is -0.120. The fourth-order valence-corrected chi connectivity index (χ4v) is 4.06. The number of nitrogens with one attached hydrogen (secondary N) is 1. The van der Waals surface area contributed by atoms with Crippen LogP contribution in [-0.4, -0.2) is 30.3 Å². The second-order valence-electron chi connectivity index (χ2n) is 6.46. The van der Waals surface area contributed by atoms with Crippen LogP contribution in [0.4, 0.5) is 0 Å². The molecule has 0 saturated heterocycles. The molecule has 3 heteroatoms. The van der Waals surface area contributed by atoms with Gasteiger partial charge in [0.15, 0.2) is 0 Å². The van der Waals surface area contributed by atoms with Crippen LogP contribution in [-0.2, 0) is 6.42 Å². The molecule has 126 valence electrons. The van der Waals surface area contributed by atoms with Gasteiger partial charge in [0.2, 0.25) is 0 Å². The van der Waals surface area contributed by atoms with E-state index in [0.717, 1.165) is 24.8 Å². The molecule has 1 aromatic rings. The van der Waals surface area contributed by atoms with Gasteiger partial charge in [0, 0.05) is 24.6 Å². The zero-order chi connectivity index (χ0) is 16.7. The van der Waals surface area contributed by atoms with Gasteiger partial charge in [-0.2, -0.15) is 24.4 Å². The van der Waals surface area contributed by atoms with Crippen LogP contribution >= 0.6 is 24.4 Å². The van der Waals surface area contributed by atoms with Crippen LogP contribution < -0.4 is 5.32 Å². The van der Waals surface area contributed by atoms with Gasteiger partial charge in [0.05, 0.1) is 0 Å². The predicted octanol–water partition coefficient (Wildman–Crippen LogP) is 4.66. The summed E-state index contributed by atoms with van der Waals surface area (Å²) < 4.78 is 0. The van der Waals surface area contributed by atoms with E-state index in [1.807, 2.05) is 0 Å². The lowest BCUT2D eigenvalue weighted by Gasteiger charge is -2.21. The molecule has 0 saturated carbocycles. The number of hydrogen-bond acceptors (Lipinski definition) is 3. The van der Waals surface area contributed by atoms with Crippen molar-refractivity contribution >= 4 is 24.4 Å². The molecule has 1 N–H and O–H groups in total. The van der Waals surface area contributed by atoms with Gasteiger partial charge in [0.1, 0.15) is 0 Å². The Morgan fingerprint density at radius 2 is 1.45 bits per heavy atom. The second kappa shape index (κ2) is 9.89. The Bertz CT molecular complexity index is 454. The molecule has 1 rings (SSSR count). The summed E-state index contributed by atoms with van der Waals surface area (Å²) in [5.74, 6) is 4.09. The zero-order valence-corrected chi connectivity index (χ0v) is 16.9. The van der Waals surface area contributed by atoms with E-state index >= 15 is 0 Å². The first-order valence-corrected chi connectivity index (χ1v) is 10.1. The maximum atomic E-state index is 4.21. The van der Waals surface area contributed by atoms with E-state index in [1.165, 1.54) is 45.7 Å². The lowest BCUT2D eigenvalue weighted by Crippen LogP contribution is -2.20. The molecule has 0 bridgehead atoms. The molecule has 0 spiro atoms. The van der Waals surface area contributed by atoms with Crippen LogP contribution in [0.1, 0.15) is 40.3 Å². The molecule has 0 amide bonds. The fraction of sp³-hybridized carbons (Fsp3) is 0.684. The first-order valence-electron chi connectivity index (χ1n) is 8.35. The standard InChI is InChI=1S/C19H33NS2/c1-13(12-22-10-8-20-7-9-21)11-19-17(5)15(3)14(2)16(4)18(19)6/h13,20-21H,7-12H2,1-6H3. The molecule has 1 unspecified atom stereocenters. The van der Waals surface area contributed by atoms with E-state index in [1.54, 1.807) is 5.56 Å². The summed E-state index contributed by atoms with van der Waals surface area (Å²) >= 11 is 6.27. The summed E-state index contributed by atoms with van der Waals surface area (Å²) in [6.45, 7) is 15.9. The minimum Gasteiger partial charge on any atom is -0.315 e. The van der Waals surface area contributed by atoms with E-state index in [4.69, 9.17) is 0 Å². The third-order valence-electron chi connectivity index (χ3n) is 4.82. The maximum absolute atomic E-state index is 4.21. The van der Waals surface area contributed by atoms with Crippen molar-refractivity contribution in [1.29, 1.82) is 0 Å². The highest BCUT2D eigenvalue weighted by molar-refractivity contribution is 7.99. The minimum atomic E-state index is 0.730. The van der Waals surface area contributed by atoms with Crippen molar-refractivity contribution in [3.8, 4) is 0 Å². The van der Waals surface area contributed by atoms with Crippen molar-refractivity contribution in [2.75, 3.05) is 30.3 Å². The highest BCUT2D eigenvalue weighted by Gasteiger charge is 2.14. The topological polar surface area (TPSA) is 12.0 Å². The van der Waals surface area contributed by atoms with Crippen LogP contribution in [0.5, 0.6) is 0 Å². The van der Waals surface area contributed by atoms with Gasteiger partial charge in [-0.15, -0.1) is 0 Å². The molecule has 0 fully saturated rings. The van der Waals surface area contributed by atoms with E-state index in [2.05, 4.69) is 71.2 Å². The summed E-state index contributed by atoms with van der Waals surface area (Å²) in [5, 5.41) is 3.40. The van der Waals surface area contributed by atoms with Crippen molar-refractivity contribution in [3.05, 3.63) is 33.4 Å². The van der Waals surface area contributed by atoms with Gasteiger partial charge in [-0.1, -0.05) is 6.92 Å². The molecule has 0 aromatic heterocycles. The van der Waals surface area contributed by atoms with Crippen molar-refractivity contribution in [2.45, 2.75) is 48.0 Å². The summed E-state index contributed by atoms with van der Waals surface area (Å²) in [5.41, 5.74) is 9.03. The normalized spacial score (nSPS) is 12.7. The SMILES string of the molecule is Cc1c(C)c(C)c(CC(C)CSCCNCCS)c(C)c1C. The van der Waals surface area contributed by atoms with E-state index in [0.29, 0.717) is 0 Å². The molecule has 1 nitrogen and oxygen atoms in total. The lowest BCUT2D eigenvalue weighted by atomic mass is 9.86. The molecule has 0 aliphatic rings. The lowest BCUT2D eigenvalue weighted by molar-refractivity contribution is 0.651. The summed E-state index contributed by atoms with van der Waals surface area (Å²) in [6, 6.07) is 0. The van der Waals surface area contributed by atoms with Crippen molar-refractivity contribution in [1.82, 2.24) is 5.32 Å². The first-order chi connectivity index (χ1) is 10.4. The highest BCUT2D eigenvalue weighted by Crippen LogP contribution is 2.28.